The highest BCUT2D eigenvalue weighted by molar-refractivity contribution is 5.84. The molecule has 1 amide bonds. The van der Waals surface area contributed by atoms with Crippen molar-refractivity contribution in [2.75, 3.05) is 11.9 Å². The Morgan fingerprint density at radius 1 is 1.12 bits per heavy atom. The van der Waals surface area contributed by atoms with E-state index in [0.29, 0.717) is 31.6 Å². The fourth-order valence-electron chi connectivity index (χ4n) is 4.42. The van der Waals surface area contributed by atoms with Gasteiger partial charge < -0.3 is 20.1 Å². The van der Waals surface area contributed by atoms with Gasteiger partial charge in [0.25, 0.3) is 0 Å². The van der Waals surface area contributed by atoms with Gasteiger partial charge in [-0.25, -0.2) is 4.79 Å². The van der Waals surface area contributed by atoms with Crippen LogP contribution in [0.25, 0.3) is 0 Å². The van der Waals surface area contributed by atoms with Crippen LogP contribution in [0.3, 0.4) is 0 Å². The molecular formula is C28H43NO5. The molecule has 0 unspecified atom stereocenters. The predicted octanol–water partition coefficient (Wildman–Crippen LogP) is 5.60. The van der Waals surface area contributed by atoms with Crippen LogP contribution in [0.4, 0.5) is 10.5 Å². The van der Waals surface area contributed by atoms with E-state index >= 15 is 0 Å². The molecule has 0 radical (unpaired) electrons. The van der Waals surface area contributed by atoms with E-state index < -0.39 is 23.9 Å². The van der Waals surface area contributed by atoms with Gasteiger partial charge in [-0.1, -0.05) is 68.7 Å². The van der Waals surface area contributed by atoms with Gasteiger partial charge in [0.1, 0.15) is 0 Å². The van der Waals surface area contributed by atoms with Crippen molar-refractivity contribution in [2.24, 2.45) is 11.8 Å². The number of unbranched alkanes of at least 4 members (excludes halogenated alkanes) is 4. The highest BCUT2D eigenvalue weighted by Gasteiger charge is 2.39. The number of ether oxygens (including phenoxy) is 1. The van der Waals surface area contributed by atoms with Gasteiger partial charge in [0.2, 0.25) is 0 Å². The molecule has 0 saturated heterocycles. The van der Waals surface area contributed by atoms with Gasteiger partial charge in [-0.2, -0.15) is 0 Å². The number of benzene rings is 1. The summed E-state index contributed by atoms with van der Waals surface area (Å²) in [5.41, 5.74) is -0.175. The summed E-state index contributed by atoms with van der Waals surface area (Å²) in [6.07, 6.45) is 13.7. The second kappa shape index (κ2) is 15.0. The fourth-order valence-corrected chi connectivity index (χ4v) is 4.42. The van der Waals surface area contributed by atoms with E-state index in [9.17, 15) is 20.1 Å². The molecule has 1 aliphatic carbocycles. The second-order valence-electron chi connectivity index (χ2n) is 9.61. The first-order valence-corrected chi connectivity index (χ1v) is 12.7. The van der Waals surface area contributed by atoms with E-state index in [2.05, 4.69) is 24.4 Å². The molecule has 0 spiro atoms. The zero-order chi connectivity index (χ0) is 24.8. The monoisotopic (exact) mass is 473 g/mol. The predicted molar refractivity (Wildman–Crippen MR) is 137 cm³/mol. The molecule has 190 valence electrons. The lowest BCUT2D eigenvalue weighted by molar-refractivity contribution is 0.0953. The van der Waals surface area contributed by atoms with E-state index in [1.54, 1.807) is 13.0 Å². The van der Waals surface area contributed by atoms with E-state index in [1.165, 1.54) is 0 Å². The Labute approximate surface area is 204 Å². The van der Waals surface area contributed by atoms with Crippen LogP contribution in [-0.2, 0) is 4.74 Å². The number of rotatable bonds is 14. The van der Waals surface area contributed by atoms with E-state index in [1.807, 2.05) is 36.4 Å². The van der Waals surface area contributed by atoms with Gasteiger partial charge in [0.05, 0.1) is 24.4 Å². The minimum atomic E-state index is -0.886. The second-order valence-corrected chi connectivity index (χ2v) is 9.61. The molecule has 34 heavy (non-hydrogen) atoms. The van der Waals surface area contributed by atoms with Crippen molar-refractivity contribution in [3.63, 3.8) is 0 Å². The van der Waals surface area contributed by atoms with E-state index in [0.717, 1.165) is 38.5 Å². The number of allylic oxidation sites excluding steroid dienone is 2. The Kier molecular flexibility index (Phi) is 12.4. The molecule has 6 heteroatoms. The summed E-state index contributed by atoms with van der Waals surface area (Å²) in [5, 5.41) is 34.1. The summed E-state index contributed by atoms with van der Waals surface area (Å²) >= 11 is 0. The van der Waals surface area contributed by atoms with Crippen LogP contribution in [0, 0.1) is 11.8 Å². The first-order valence-electron chi connectivity index (χ1n) is 12.7. The molecule has 1 aromatic rings. The standard InChI is InChI=1S/C28H43NO5/c1-3-4-12-18-28(2,33)19-17-24-23(25(30)21-26(24)31)16-11-6-5-7-13-20-34-27(32)29-22-14-9-8-10-15-22/h6,8-11,14-15,17,19,23-26,30-31,33H,3-5,7,12-13,16,18,20-21H2,1-2H3,(H,29,32)/b11-6-,19-17+/t23-,24-,25+,26-,28+/m1/s1. The largest absolute Gasteiger partial charge is 0.449 e. The molecule has 1 fully saturated rings. The first-order chi connectivity index (χ1) is 16.3. The average molecular weight is 474 g/mol. The van der Waals surface area contributed by atoms with Gasteiger partial charge in [-0.05, 0) is 57.1 Å². The smallest absolute Gasteiger partial charge is 0.411 e. The number of para-hydroxylation sites is 1. The summed E-state index contributed by atoms with van der Waals surface area (Å²) < 4.78 is 5.20. The lowest BCUT2D eigenvalue weighted by atomic mass is 9.88. The summed E-state index contributed by atoms with van der Waals surface area (Å²) in [7, 11) is 0. The van der Waals surface area contributed by atoms with Crippen LogP contribution in [-0.4, -0.2) is 45.8 Å². The molecular weight excluding hydrogens is 430 g/mol. The zero-order valence-corrected chi connectivity index (χ0v) is 20.7. The number of hydrogen-bond acceptors (Lipinski definition) is 5. The van der Waals surface area contributed by atoms with Crippen LogP contribution in [0.15, 0.2) is 54.6 Å². The third-order valence-corrected chi connectivity index (χ3v) is 6.47. The molecule has 0 aliphatic heterocycles. The fraction of sp³-hybridized carbons (Fsp3) is 0.607. The molecule has 2 rings (SSSR count). The molecule has 1 saturated carbocycles. The number of aliphatic hydroxyl groups is 3. The number of carbonyl (C=O) groups excluding carboxylic acids is 1. The van der Waals surface area contributed by atoms with Crippen molar-refractivity contribution in [3.05, 3.63) is 54.6 Å². The van der Waals surface area contributed by atoms with Crippen LogP contribution in [0.2, 0.25) is 0 Å². The quantitative estimate of drug-likeness (QED) is 0.208. The van der Waals surface area contributed by atoms with Crippen molar-refractivity contribution in [1.82, 2.24) is 0 Å². The molecule has 4 N–H and O–H groups in total. The van der Waals surface area contributed by atoms with Crippen LogP contribution in [0.1, 0.15) is 71.6 Å². The van der Waals surface area contributed by atoms with Crippen molar-refractivity contribution < 1.29 is 24.9 Å². The van der Waals surface area contributed by atoms with Gasteiger partial charge in [0.15, 0.2) is 0 Å². The van der Waals surface area contributed by atoms with Crippen molar-refractivity contribution in [1.29, 1.82) is 0 Å². The first kappa shape index (κ1) is 28.1. The lowest BCUT2D eigenvalue weighted by Crippen LogP contribution is -2.24. The van der Waals surface area contributed by atoms with Crippen LogP contribution < -0.4 is 5.32 Å². The van der Waals surface area contributed by atoms with Gasteiger partial charge in [-0.15, -0.1) is 0 Å². The topological polar surface area (TPSA) is 99.0 Å². The Morgan fingerprint density at radius 2 is 1.88 bits per heavy atom. The van der Waals surface area contributed by atoms with Crippen LogP contribution in [0.5, 0.6) is 0 Å². The number of anilines is 1. The summed E-state index contributed by atoms with van der Waals surface area (Å²) in [4.78, 5) is 11.8. The molecule has 0 bridgehead atoms. The minimum absolute atomic E-state index is 0.0565. The highest BCUT2D eigenvalue weighted by atomic mass is 16.5. The lowest BCUT2D eigenvalue weighted by Gasteiger charge is -2.23. The van der Waals surface area contributed by atoms with Crippen LogP contribution >= 0.6 is 0 Å². The Morgan fingerprint density at radius 3 is 2.62 bits per heavy atom. The third kappa shape index (κ3) is 10.4. The zero-order valence-electron chi connectivity index (χ0n) is 20.7. The van der Waals surface area contributed by atoms with Gasteiger partial charge in [-0.3, -0.25) is 5.32 Å². The Bertz CT molecular complexity index is 761. The summed E-state index contributed by atoms with van der Waals surface area (Å²) in [5.74, 6) is -0.215. The highest BCUT2D eigenvalue weighted by Crippen LogP contribution is 2.37. The number of aliphatic hydroxyl groups excluding tert-OH is 2. The SMILES string of the molecule is CCCCC[C@](C)(O)/C=C/[C@@H]1[C@@H](C/C=C\CCCCOC(=O)Nc2ccccc2)[C@@H](O)C[C@H]1O. The molecule has 1 aliphatic rings. The van der Waals surface area contributed by atoms with E-state index in [4.69, 9.17) is 4.74 Å². The molecule has 0 heterocycles. The van der Waals surface area contributed by atoms with E-state index in [-0.39, 0.29) is 11.8 Å². The maximum atomic E-state index is 11.8. The maximum Gasteiger partial charge on any atom is 0.411 e. The Balaban J connectivity index is 1.67. The Hall–Kier alpha value is -2.15. The maximum absolute atomic E-state index is 11.8. The summed E-state index contributed by atoms with van der Waals surface area (Å²) in [6.45, 7) is 4.31. The molecule has 6 nitrogen and oxygen atoms in total. The normalized spacial score (nSPS) is 24.5. The molecule has 0 aromatic heterocycles. The van der Waals surface area contributed by atoms with Crippen molar-refractivity contribution in [2.45, 2.75) is 89.4 Å². The van der Waals surface area contributed by atoms with Crippen molar-refractivity contribution in [3.8, 4) is 0 Å². The molecule has 5 atom stereocenters. The van der Waals surface area contributed by atoms with Gasteiger partial charge >= 0.3 is 6.09 Å². The number of nitrogens with one attached hydrogen (secondary N) is 1. The van der Waals surface area contributed by atoms with Gasteiger partial charge in [0, 0.05) is 18.0 Å². The summed E-state index contributed by atoms with van der Waals surface area (Å²) in [6, 6.07) is 9.20. The number of carbonyl (C=O) groups is 1. The number of amides is 1. The van der Waals surface area contributed by atoms with Crippen molar-refractivity contribution >= 4 is 11.8 Å². The minimum Gasteiger partial charge on any atom is -0.449 e. The number of hydrogen-bond donors (Lipinski definition) is 4. The third-order valence-electron chi connectivity index (χ3n) is 6.47. The molecule has 1 aromatic carbocycles. The average Bonchev–Trinajstić information content (AvgIpc) is 3.07.